The van der Waals surface area contributed by atoms with Crippen molar-refractivity contribution in [3.8, 4) is 0 Å². The van der Waals surface area contributed by atoms with E-state index in [2.05, 4.69) is 10.3 Å². The van der Waals surface area contributed by atoms with Crippen molar-refractivity contribution < 1.29 is 19.2 Å². The molecule has 7 nitrogen and oxygen atoms in total. The summed E-state index contributed by atoms with van der Waals surface area (Å²) in [5, 5.41) is 6.03. The number of nitrogens with zero attached hydrogens (tertiary/aromatic N) is 2. The number of amides is 1. The molecular weight excluding hydrogens is 330 g/mol. The van der Waals surface area contributed by atoms with Crippen LogP contribution in [0.4, 0.5) is 0 Å². The van der Waals surface area contributed by atoms with Crippen LogP contribution in [0.5, 0.6) is 0 Å². The van der Waals surface area contributed by atoms with Gasteiger partial charge in [0.05, 0.1) is 12.1 Å². The zero-order valence-electron chi connectivity index (χ0n) is 12.7. The third-order valence-electron chi connectivity index (χ3n) is 3.54. The Hall–Kier alpha value is -2.58. The Morgan fingerprint density at radius 2 is 2.08 bits per heavy atom. The Bertz CT molecular complexity index is 733. The molecule has 0 saturated carbocycles. The third-order valence-corrected chi connectivity index (χ3v) is 4.31. The van der Waals surface area contributed by atoms with Crippen molar-refractivity contribution in [2.45, 2.75) is 12.5 Å². The summed E-state index contributed by atoms with van der Waals surface area (Å²) in [4.78, 5) is 45.3. The fourth-order valence-corrected chi connectivity index (χ4v) is 2.85. The number of hydroxylamine groups is 2. The van der Waals surface area contributed by atoms with Crippen LogP contribution in [0.3, 0.4) is 0 Å². The smallest absolute Gasteiger partial charge is 0.357 e. The summed E-state index contributed by atoms with van der Waals surface area (Å²) < 4.78 is 0. The fraction of sp³-hybridized carbons (Fsp3) is 0.250. The lowest BCUT2D eigenvalue weighted by molar-refractivity contribution is -0.146. The highest BCUT2D eigenvalue weighted by Gasteiger charge is 2.31. The maximum Gasteiger partial charge on any atom is 0.357 e. The molecule has 0 bridgehead atoms. The molecule has 1 aliphatic rings. The van der Waals surface area contributed by atoms with Crippen LogP contribution in [0.25, 0.3) is 0 Å². The first-order valence-electron chi connectivity index (χ1n) is 7.39. The molecule has 0 aliphatic carbocycles. The minimum absolute atomic E-state index is 0.0908. The Morgan fingerprint density at radius 3 is 2.79 bits per heavy atom. The molecule has 8 heteroatoms. The average Bonchev–Trinajstić information content (AvgIpc) is 3.13. The molecule has 1 atom stereocenters. The number of hydrogen-bond acceptors (Lipinski definition) is 7. The highest BCUT2D eigenvalue weighted by atomic mass is 32.1. The van der Waals surface area contributed by atoms with Gasteiger partial charge in [-0.3, -0.25) is 9.59 Å². The topological polar surface area (TPSA) is 88.6 Å². The predicted molar refractivity (Wildman–Crippen MR) is 86.4 cm³/mol. The second-order valence-corrected chi connectivity index (χ2v) is 6.11. The highest BCUT2D eigenvalue weighted by molar-refractivity contribution is 7.11. The van der Waals surface area contributed by atoms with E-state index in [1.807, 2.05) is 0 Å². The van der Waals surface area contributed by atoms with Crippen molar-refractivity contribution in [1.29, 1.82) is 0 Å². The summed E-state index contributed by atoms with van der Waals surface area (Å²) in [5.74, 6) is -0.985. The van der Waals surface area contributed by atoms with E-state index in [1.165, 1.54) is 22.6 Å². The number of rotatable bonds is 4. The number of carbonyl (C=O) groups is 3. The van der Waals surface area contributed by atoms with Gasteiger partial charge < -0.3 is 10.2 Å². The van der Waals surface area contributed by atoms with Crippen LogP contribution >= 0.6 is 11.3 Å². The molecule has 124 valence electrons. The molecule has 1 amide bonds. The minimum Gasteiger partial charge on any atom is -0.364 e. The van der Waals surface area contributed by atoms with Gasteiger partial charge >= 0.3 is 5.97 Å². The Balaban J connectivity index is 1.60. The minimum atomic E-state index is -0.723. The number of benzene rings is 1. The molecule has 2 aromatic rings. The standard InChI is InChI=1S/C16H15N3O4S/c20-13-6-8-19(23-16(22)11-4-2-1-3-5-11)10-12(13)18-14(21)15-17-7-9-24-15/h1-5,7,9,12H,6,8,10H2,(H,18,21). The van der Waals surface area contributed by atoms with E-state index in [-0.39, 0.29) is 18.7 Å². The SMILES string of the molecule is O=C(ON1CCC(=O)C(NC(=O)c2nccs2)C1)c1ccccc1. The van der Waals surface area contributed by atoms with Crippen molar-refractivity contribution in [1.82, 2.24) is 15.4 Å². The van der Waals surface area contributed by atoms with E-state index < -0.39 is 17.9 Å². The number of piperidine rings is 1. The Morgan fingerprint density at radius 1 is 1.29 bits per heavy atom. The lowest BCUT2D eigenvalue weighted by Gasteiger charge is -2.30. The second-order valence-electron chi connectivity index (χ2n) is 5.21. The molecule has 24 heavy (non-hydrogen) atoms. The molecule has 1 aromatic heterocycles. The summed E-state index contributed by atoms with van der Waals surface area (Å²) in [6, 6.07) is 7.87. The summed E-state index contributed by atoms with van der Waals surface area (Å²) in [7, 11) is 0. The number of ketones is 1. The first-order chi connectivity index (χ1) is 11.6. The lowest BCUT2D eigenvalue weighted by atomic mass is 10.1. The Kier molecular flexibility index (Phi) is 4.97. The van der Waals surface area contributed by atoms with Crippen molar-refractivity contribution in [2.24, 2.45) is 0 Å². The summed E-state index contributed by atoms with van der Waals surface area (Å²) >= 11 is 1.20. The van der Waals surface area contributed by atoms with Gasteiger partial charge in [0, 0.05) is 24.5 Å². The van der Waals surface area contributed by atoms with Gasteiger partial charge in [0.15, 0.2) is 10.8 Å². The van der Waals surface area contributed by atoms with Crippen LogP contribution < -0.4 is 5.32 Å². The van der Waals surface area contributed by atoms with Crippen molar-refractivity contribution in [3.05, 3.63) is 52.5 Å². The first kappa shape index (κ1) is 16.3. The van der Waals surface area contributed by atoms with Crippen molar-refractivity contribution in [2.75, 3.05) is 13.1 Å². The molecule has 0 spiro atoms. The molecule has 1 unspecified atom stereocenters. The Labute approximate surface area is 142 Å². The molecule has 1 aromatic carbocycles. The monoisotopic (exact) mass is 345 g/mol. The van der Waals surface area contributed by atoms with Crippen molar-refractivity contribution in [3.63, 3.8) is 0 Å². The van der Waals surface area contributed by atoms with Gasteiger partial charge in [-0.1, -0.05) is 18.2 Å². The maximum absolute atomic E-state index is 12.1. The molecule has 1 fully saturated rings. The van der Waals surface area contributed by atoms with Gasteiger partial charge in [-0.2, -0.15) is 0 Å². The van der Waals surface area contributed by atoms with Gasteiger partial charge in [-0.25, -0.2) is 9.78 Å². The molecule has 0 radical (unpaired) electrons. The average molecular weight is 345 g/mol. The van der Waals surface area contributed by atoms with E-state index in [9.17, 15) is 14.4 Å². The van der Waals surface area contributed by atoms with Crippen LogP contribution in [-0.2, 0) is 9.63 Å². The molecule has 2 heterocycles. The van der Waals surface area contributed by atoms with Crippen LogP contribution in [0.15, 0.2) is 41.9 Å². The quantitative estimate of drug-likeness (QED) is 0.898. The van der Waals surface area contributed by atoms with Crippen LogP contribution in [0, 0.1) is 0 Å². The van der Waals surface area contributed by atoms with Gasteiger partial charge in [-0.15, -0.1) is 16.4 Å². The van der Waals surface area contributed by atoms with Gasteiger partial charge in [0.1, 0.15) is 6.04 Å². The molecule has 3 rings (SSSR count). The molecule has 1 N–H and O–H groups in total. The number of hydrogen-bond donors (Lipinski definition) is 1. The summed E-state index contributed by atoms with van der Waals surface area (Å²) in [5.41, 5.74) is 0.428. The van der Waals surface area contributed by atoms with E-state index in [1.54, 1.807) is 35.7 Å². The number of carbonyl (C=O) groups excluding carboxylic acids is 3. The number of Topliss-reactive ketones (excluding diaryl/α,β-unsaturated/α-hetero) is 1. The van der Waals surface area contributed by atoms with Gasteiger partial charge in [0.2, 0.25) is 0 Å². The normalized spacial score (nSPS) is 18.2. The maximum atomic E-state index is 12.1. The van der Waals surface area contributed by atoms with E-state index in [0.717, 1.165) is 0 Å². The summed E-state index contributed by atoms with van der Waals surface area (Å²) in [6.45, 7) is 0.426. The largest absolute Gasteiger partial charge is 0.364 e. The zero-order valence-corrected chi connectivity index (χ0v) is 13.5. The summed E-state index contributed by atoms with van der Waals surface area (Å²) in [6.07, 6.45) is 1.72. The number of aromatic nitrogens is 1. The molecule has 1 aliphatic heterocycles. The zero-order chi connectivity index (χ0) is 16.9. The van der Waals surface area contributed by atoms with E-state index in [4.69, 9.17) is 4.84 Å². The molecular formula is C16H15N3O4S. The van der Waals surface area contributed by atoms with Gasteiger partial charge in [0.25, 0.3) is 5.91 Å². The third kappa shape index (κ3) is 3.84. The van der Waals surface area contributed by atoms with Crippen LogP contribution in [0.1, 0.15) is 26.6 Å². The fourth-order valence-electron chi connectivity index (χ4n) is 2.31. The van der Waals surface area contributed by atoms with Gasteiger partial charge in [-0.05, 0) is 12.1 Å². The number of thiazole rings is 1. The van der Waals surface area contributed by atoms with E-state index in [0.29, 0.717) is 17.1 Å². The van der Waals surface area contributed by atoms with Crippen LogP contribution in [0.2, 0.25) is 0 Å². The van der Waals surface area contributed by atoms with Crippen molar-refractivity contribution >= 4 is 29.0 Å². The number of nitrogens with one attached hydrogen (secondary N) is 1. The predicted octanol–water partition coefficient (Wildman–Crippen LogP) is 1.29. The first-order valence-corrected chi connectivity index (χ1v) is 8.27. The molecule has 1 saturated heterocycles. The van der Waals surface area contributed by atoms with E-state index >= 15 is 0 Å². The second kappa shape index (κ2) is 7.33. The van der Waals surface area contributed by atoms with Crippen LogP contribution in [-0.4, -0.2) is 46.8 Å². The lowest BCUT2D eigenvalue weighted by Crippen LogP contribution is -2.53. The highest BCUT2D eigenvalue weighted by Crippen LogP contribution is 2.12.